The molecule has 1 aromatic carbocycles. The lowest BCUT2D eigenvalue weighted by Crippen LogP contribution is -2.34. The average molecular weight is 401 g/mol. The van der Waals surface area contributed by atoms with Crippen molar-refractivity contribution in [1.82, 2.24) is 9.88 Å². The van der Waals surface area contributed by atoms with E-state index in [1.807, 2.05) is 32.0 Å². The van der Waals surface area contributed by atoms with Gasteiger partial charge in [0.25, 0.3) is 0 Å². The summed E-state index contributed by atoms with van der Waals surface area (Å²) in [6.45, 7) is 7.59. The second-order valence-corrected chi connectivity index (χ2v) is 7.58. The molecule has 2 heterocycles. The van der Waals surface area contributed by atoms with E-state index in [9.17, 15) is 4.79 Å². The molecule has 1 aliphatic heterocycles. The molecule has 152 valence electrons. The molecule has 2 aromatic rings. The number of aromatic nitrogens is 1. The Kier molecular flexibility index (Phi) is 10.1. The quantitative estimate of drug-likeness (QED) is 0.596. The van der Waals surface area contributed by atoms with Gasteiger partial charge < -0.3 is 9.88 Å². The highest BCUT2D eigenvalue weighted by Crippen LogP contribution is 2.22. The molecule has 1 fully saturated rings. The van der Waals surface area contributed by atoms with E-state index in [4.69, 9.17) is 11.6 Å². The van der Waals surface area contributed by atoms with E-state index in [1.54, 1.807) is 12.3 Å². The number of benzene rings is 1. The third-order valence-electron chi connectivity index (χ3n) is 5.11. The molecule has 0 atom stereocenters. The molecule has 1 aliphatic rings. The zero-order valence-corrected chi connectivity index (χ0v) is 17.9. The minimum Gasteiger partial charge on any atom is -0.329 e. The van der Waals surface area contributed by atoms with Crippen LogP contribution in [0.4, 0.5) is 0 Å². The van der Waals surface area contributed by atoms with Crippen LogP contribution in [-0.2, 0) is 6.42 Å². The Morgan fingerprint density at radius 2 is 1.82 bits per heavy atom. The van der Waals surface area contributed by atoms with Crippen LogP contribution in [0.3, 0.4) is 0 Å². The summed E-state index contributed by atoms with van der Waals surface area (Å²) >= 11 is 5.96. The predicted octanol–water partition coefficient (Wildman–Crippen LogP) is 5.80. The molecule has 3 rings (SSSR count). The largest absolute Gasteiger partial charge is 0.329 e. The fraction of sp³-hybridized carbons (Fsp3) is 0.458. The maximum atomic E-state index is 11.0. The average Bonchev–Trinajstić information content (AvgIpc) is 2.73. The molecule has 0 radical (unpaired) electrons. The van der Waals surface area contributed by atoms with Gasteiger partial charge in [-0.1, -0.05) is 49.7 Å². The number of hydrogen-bond acceptors (Lipinski definition) is 2. The minimum atomic E-state index is -0.0541. The monoisotopic (exact) mass is 400 g/mol. The smallest absolute Gasteiger partial charge is 0.247 e. The lowest BCUT2D eigenvalue weighted by atomic mass is 9.90. The summed E-state index contributed by atoms with van der Waals surface area (Å²) in [7, 11) is 0. The molecule has 1 saturated heterocycles. The summed E-state index contributed by atoms with van der Waals surface area (Å²) in [5.41, 5.74) is 2.40. The number of piperidine rings is 1. The lowest BCUT2D eigenvalue weighted by molar-refractivity contribution is 0.183. The third-order valence-corrected chi connectivity index (χ3v) is 5.36. The van der Waals surface area contributed by atoms with Gasteiger partial charge in [0.15, 0.2) is 0 Å². The summed E-state index contributed by atoms with van der Waals surface area (Å²) in [6.07, 6.45) is 12.0. The first-order chi connectivity index (χ1) is 13.7. The van der Waals surface area contributed by atoms with E-state index in [0.29, 0.717) is 0 Å². The number of aromatic amines is 1. The van der Waals surface area contributed by atoms with E-state index < -0.39 is 0 Å². The summed E-state index contributed by atoms with van der Waals surface area (Å²) in [5, 5.41) is 0.818. The van der Waals surface area contributed by atoms with E-state index in [2.05, 4.69) is 34.2 Å². The molecule has 0 spiro atoms. The van der Waals surface area contributed by atoms with Gasteiger partial charge in [-0.3, -0.25) is 4.79 Å². The molecule has 1 N–H and O–H groups in total. The van der Waals surface area contributed by atoms with E-state index in [0.717, 1.165) is 22.9 Å². The molecule has 4 heteroatoms. The van der Waals surface area contributed by atoms with Gasteiger partial charge in [-0.15, -0.1) is 0 Å². The molecule has 0 aliphatic carbocycles. The number of nitrogens with zero attached hydrogens (tertiary/aromatic N) is 1. The first-order valence-corrected chi connectivity index (χ1v) is 10.9. The molecule has 0 saturated carbocycles. The van der Waals surface area contributed by atoms with Crippen molar-refractivity contribution >= 4 is 17.7 Å². The van der Waals surface area contributed by atoms with Crippen LogP contribution in [-0.4, -0.2) is 29.5 Å². The number of unbranched alkanes of at least 4 members (excludes halogenated alkanes) is 1. The van der Waals surface area contributed by atoms with E-state index in [1.165, 1.54) is 50.9 Å². The van der Waals surface area contributed by atoms with Crippen molar-refractivity contribution in [3.8, 4) is 0 Å². The van der Waals surface area contributed by atoms with Crippen LogP contribution >= 0.6 is 11.6 Å². The minimum absolute atomic E-state index is 0.0541. The van der Waals surface area contributed by atoms with Crippen LogP contribution < -0.4 is 5.56 Å². The van der Waals surface area contributed by atoms with Crippen molar-refractivity contribution in [2.24, 2.45) is 5.92 Å². The highest BCUT2D eigenvalue weighted by Gasteiger charge is 2.18. The first kappa shape index (κ1) is 22.4. The normalized spacial score (nSPS) is 15.4. The highest BCUT2D eigenvalue weighted by molar-refractivity contribution is 6.30. The first-order valence-electron chi connectivity index (χ1n) is 10.5. The summed E-state index contributed by atoms with van der Waals surface area (Å²) in [4.78, 5) is 16.3. The van der Waals surface area contributed by atoms with Gasteiger partial charge in [0.2, 0.25) is 5.56 Å². The Morgan fingerprint density at radius 1 is 1.11 bits per heavy atom. The number of rotatable bonds is 7. The van der Waals surface area contributed by atoms with Crippen molar-refractivity contribution in [2.45, 2.75) is 46.0 Å². The van der Waals surface area contributed by atoms with E-state index >= 15 is 0 Å². The maximum absolute atomic E-state index is 11.0. The SMILES string of the molecule is CC.O=c1ccc(/C=C/CCCN2CCC(Cc3ccc(Cl)cc3)CC2)c[nH]1. The zero-order chi connectivity index (χ0) is 20.2. The van der Waals surface area contributed by atoms with Crippen LogP contribution in [0, 0.1) is 5.92 Å². The summed E-state index contributed by atoms with van der Waals surface area (Å²) in [5.74, 6) is 0.799. The number of hydrogen-bond donors (Lipinski definition) is 1. The number of allylic oxidation sites excluding steroid dienone is 1. The van der Waals surface area contributed by atoms with Crippen molar-refractivity contribution in [1.29, 1.82) is 0 Å². The Balaban J connectivity index is 0.00000136. The summed E-state index contributed by atoms with van der Waals surface area (Å²) < 4.78 is 0. The molecule has 0 unspecified atom stereocenters. The number of H-pyrrole nitrogens is 1. The third kappa shape index (κ3) is 8.04. The molecule has 1 aromatic heterocycles. The Labute approximate surface area is 174 Å². The van der Waals surface area contributed by atoms with Gasteiger partial charge in [0.1, 0.15) is 0 Å². The fourth-order valence-corrected chi connectivity index (χ4v) is 3.67. The van der Waals surface area contributed by atoms with Gasteiger partial charge in [0, 0.05) is 17.3 Å². The molecule has 0 amide bonds. The topological polar surface area (TPSA) is 36.1 Å². The lowest BCUT2D eigenvalue weighted by Gasteiger charge is -2.32. The fourth-order valence-electron chi connectivity index (χ4n) is 3.55. The van der Waals surface area contributed by atoms with Crippen LogP contribution in [0.25, 0.3) is 6.08 Å². The molecular weight excluding hydrogens is 368 g/mol. The van der Waals surface area contributed by atoms with Crippen LogP contribution in [0.2, 0.25) is 5.02 Å². The van der Waals surface area contributed by atoms with Gasteiger partial charge in [-0.2, -0.15) is 0 Å². The Morgan fingerprint density at radius 3 is 2.46 bits per heavy atom. The van der Waals surface area contributed by atoms with Gasteiger partial charge in [-0.05, 0) is 87.0 Å². The number of likely N-dealkylation sites (tertiary alicyclic amines) is 1. The highest BCUT2D eigenvalue weighted by atomic mass is 35.5. The van der Waals surface area contributed by atoms with Crippen LogP contribution in [0.1, 0.15) is 50.7 Å². The van der Waals surface area contributed by atoms with Crippen molar-refractivity contribution in [2.75, 3.05) is 19.6 Å². The van der Waals surface area contributed by atoms with Gasteiger partial charge in [0.05, 0.1) is 0 Å². The molecule has 0 bridgehead atoms. The second kappa shape index (κ2) is 12.6. The number of pyridine rings is 1. The molecule has 3 nitrogen and oxygen atoms in total. The Bertz CT molecular complexity index is 738. The van der Waals surface area contributed by atoms with Crippen LogP contribution in [0.5, 0.6) is 0 Å². The number of nitrogens with one attached hydrogen (secondary N) is 1. The summed E-state index contributed by atoms with van der Waals surface area (Å²) in [6, 6.07) is 11.7. The van der Waals surface area contributed by atoms with Gasteiger partial charge >= 0.3 is 0 Å². The standard InChI is InChI=1S/C22H27ClN2O.C2H6/c23-21-8-5-18(6-9-21)16-19-11-14-25(15-12-19)13-3-1-2-4-20-7-10-22(26)24-17-20;1-2/h2,4-10,17,19H,1,3,11-16H2,(H,24,26);1-2H3/b4-2+;. The number of halogens is 1. The van der Waals surface area contributed by atoms with Crippen molar-refractivity contribution in [3.63, 3.8) is 0 Å². The zero-order valence-electron chi connectivity index (χ0n) is 17.2. The van der Waals surface area contributed by atoms with Crippen molar-refractivity contribution < 1.29 is 0 Å². The van der Waals surface area contributed by atoms with E-state index in [-0.39, 0.29) is 5.56 Å². The Hall–Kier alpha value is -1.84. The van der Waals surface area contributed by atoms with Crippen molar-refractivity contribution in [3.05, 3.63) is 75.2 Å². The second-order valence-electron chi connectivity index (χ2n) is 7.15. The molecule has 28 heavy (non-hydrogen) atoms. The van der Waals surface area contributed by atoms with Crippen LogP contribution in [0.15, 0.2) is 53.5 Å². The predicted molar refractivity (Wildman–Crippen MR) is 121 cm³/mol. The van der Waals surface area contributed by atoms with Gasteiger partial charge in [-0.25, -0.2) is 0 Å². The molecular formula is C24H33ClN2O. The maximum Gasteiger partial charge on any atom is 0.247 e.